The van der Waals surface area contributed by atoms with Crippen molar-refractivity contribution in [3.63, 3.8) is 0 Å². The maximum absolute atomic E-state index is 14.2. The first kappa shape index (κ1) is 37.3. The number of nitrogens with two attached hydrogens (primary N) is 1. The Labute approximate surface area is 306 Å². The van der Waals surface area contributed by atoms with Gasteiger partial charge in [-0.25, -0.2) is 21.6 Å². The van der Waals surface area contributed by atoms with Gasteiger partial charge in [0.2, 0.25) is 0 Å². The van der Waals surface area contributed by atoms with Gasteiger partial charge in [0.15, 0.2) is 0 Å². The number of rotatable bonds is 9. The zero-order chi connectivity index (χ0) is 34.8. The van der Waals surface area contributed by atoms with Crippen LogP contribution in [0.5, 0.6) is 5.75 Å². The molecule has 0 saturated carbocycles. The van der Waals surface area contributed by atoms with Gasteiger partial charge in [-0.1, -0.05) is 36.4 Å². The number of hydrogen-bond donors (Lipinski definition) is 4. The maximum Gasteiger partial charge on any atom is 1.00 e. The van der Waals surface area contributed by atoms with E-state index in [0.717, 1.165) is 12.1 Å². The molecule has 49 heavy (non-hydrogen) atoms. The Morgan fingerprint density at radius 3 is 2.22 bits per heavy atom. The van der Waals surface area contributed by atoms with Crippen LogP contribution in [0.2, 0.25) is 0 Å². The molecule has 0 fully saturated rings. The number of nitrogens with one attached hydrogen (secondary N) is 2. The zero-order valence-corrected chi connectivity index (χ0v) is 30.6. The van der Waals surface area contributed by atoms with E-state index in [1.807, 2.05) is 6.07 Å². The van der Waals surface area contributed by atoms with Crippen LogP contribution < -0.4 is 50.2 Å². The molecule has 5 aromatic rings. The normalized spacial score (nSPS) is 11.7. The second-order valence-corrected chi connectivity index (χ2v) is 13.9. The molecule has 5 rings (SSSR count). The van der Waals surface area contributed by atoms with E-state index in [1.54, 1.807) is 69.3 Å². The number of urea groups is 1. The average Bonchev–Trinajstić information content (AvgIpc) is 3.03. The Bertz CT molecular complexity index is 2300. The van der Waals surface area contributed by atoms with Crippen LogP contribution in [0.4, 0.5) is 38.9 Å². The summed E-state index contributed by atoms with van der Waals surface area (Å²) in [4.78, 5) is 11.8. The summed E-state index contributed by atoms with van der Waals surface area (Å²) in [5, 5.41) is 24.7. The fraction of sp³-hybridized carbons (Fsp3) is 0.121. The van der Waals surface area contributed by atoms with Crippen LogP contribution in [-0.4, -0.2) is 39.1 Å². The third kappa shape index (κ3) is 8.04. The first-order valence-corrected chi connectivity index (χ1v) is 17.3. The Morgan fingerprint density at radius 2 is 1.55 bits per heavy atom. The molecule has 0 aliphatic carbocycles. The molecular formula is C33H31N6NaO7S2. The third-order valence-corrected chi connectivity index (χ3v) is 10.2. The summed E-state index contributed by atoms with van der Waals surface area (Å²) < 4.78 is 64.2. The van der Waals surface area contributed by atoms with E-state index in [0.29, 0.717) is 28.2 Å². The molecule has 0 spiro atoms. The molecule has 5 aromatic carbocycles. The maximum atomic E-state index is 14.2. The quantitative estimate of drug-likeness (QED) is 0.0761. The molecule has 0 aromatic heterocycles. The number of phenolic OH excluding ortho intramolecular Hbond substituents is 1. The van der Waals surface area contributed by atoms with Crippen LogP contribution in [0.1, 0.15) is 18.1 Å². The molecule has 0 heterocycles. The van der Waals surface area contributed by atoms with Gasteiger partial charge < -0.3 is 26.0 Å². The number of aryl methyl sites for hydroxylation is 2. The minimum Gasteiger partial charge on any atom is -0.744 e. The number of amides is 2. The largest absolute Gasteiger partial charge is 1.00 e. The number of phenols is 1. The van der Waals surface area contributed by atoms with Crippen LogP contribution in [0, 0.1) is 13.8 Å². The third-order valence-electron chi connectivity index (χ3n) is 7.43. The number of anilines is 4. The molecule has 13 nitrogen and oxygen atoms in total. The van der Waals surface area contributed by atoms with E-state index >= 15 is 0 Å². The monoisotopic (exact) mass is 710 g/mol. The number of carbonyl (C=O) groups excluding carboxylic acids is 1. The second-order valence-electron chi connectivity index (χ2n) is 10.7. The minimum absolute atomic E-state index is 0. The van der Waals surface area contributed by atoms with Gasteiger partial charge in [-0.2, -0.15) is 0 Å². The Hall–Kier alpha value is -4.51. The number of sulfonamides is 1. The molecule has 0 aliphatic heterocycles. The summed E-state index contributed by atoms with van der Waals surface area (Å²) in [6, 6.07) is 22.5. The van der Waals surface area contributed by atoms with E-state index < -0.39 is 36.8 Å². The summed E-state index contributed by atoms with van der Waals surface area (Å²) in [6.45, 7) is 5.23. The van der Waals surface area contributed by atoms with Gasteiger partial charge in [-0.05, 0) is 91.9 Å². The number of aromatic hydroxyl groups is 1. The van der Waals surface area contributed by atoms with Crippen molar-refractivity contribution in [1.29, 1.82) is 0 Å². The summed E-state index contributed by atoms with van der Waals surface area (Å²) in [5.41, 5.74) is 8.82. The number of nitrogens with zero attached hydrogens (tertiary/aromatic N) is 3. The van der Waals surface area contributed by atoms with Crippen LogP contribution >= 0.6 is 0 Å². The van der Waals surface area contributed by atoms with Gasteiger partial charge in [0.1, 0.15) is 32.1 Å². The van der Waals surface area contributed by atoms with Gasteiger partial charge in [0, 0.05) is 17.9 Å². The van der Waals surface area contributed by atoms with Gasteiger partial charge in [-0.15, -0.1) is 10.2 Å². The fourth-order valence-corrected chi connectivity index (χ4v) is 7.31. The van der Waals surface area contributed by atoms with E-state index in [2.05, 4.69) is 20.9 Å². The van der Waals surface area contributed by atoms with Crippen LogP contribution in [0.15, 0.2) is 111 Å². The van der Waals surface area contributed by atoms with Crippen molar-refractivity contribution >= 4 is 71.1 Å². The van der Waals surface area contributed by atoms with Crippen molar-refractivity contribution in [3.05, 3.63) is 102 Å². The molecule has 0 bridgehead atoms. The smallest absolute Gasteiger partial charge is 0.744 e. The van der Waals surface area contributed by atoms with Crippen molar-refractivity contribution in [2.24, 2.45) is 10.2 Å². The van der Waals surface area contributed by atoms with Gasteiger partial charge in [0.05, 0.1) is 21.7 Å². The van der Waals surface area contributed by atoms with Crippen molar-refractivity contribution in [2.75, 3.05) is 27.2 Å². The van der Waals surface area contributed by atoms with E-state index in [4.69, 9.17) is 5.73 Å². The van der Waals surface area contributed by atoms with Crippen molar-refractivity contribution in [2.45, 2.75) is 30.6 Å². The first-order chi connectivity index (χ1) is 22.7. The number of azo groups is 1. The Balaban J connectivity index is 0.00000541. The Morgan fingerprint density at radius 1 is 0.878 bits per heavy atom. The summed E-state index contributed by atoms with van der Waals surface area (Å²) >= 11 is 0. The molecular weight excluding hydrogens is 680 g/mol. The van der Waals surface area contributed by atoms with Crippen LogP contribution in [-0.2, 0) is 20.1 Å². The summed E-state index contributed by atoms with van der Waals surface area (Å²) in [7, 11) is -9.10. The standard InChI is InChI=1S/C33H32N6O7S2.Na/c1-4-39(28-17-20(2)27(16-21(28)3)36-33(41)35-23-10-6-5-7-11-23)47(42,43)30-13-9-8-12-26(30)37-38-32-25(34)15-14-22-18-24(48(44,45)46)19-29(40)31(22)32;/h5-19,40H,4,34H2,1-3H3,(H2,35,36,41)(H,44,45,46);/q;+1/p-1. The molecule has 0 saturated heterocycles. The number of fused-ring (bicyclic) bond motifs is 1. The summed E-state index contributed by atoms with van der Waals surface area (Å²) in [5.74, 6) is -0.567. The molecule has 0 radical (unpaired) electrons. The molecule has 2 amide bonds. The topological polar surface area (TPSA) is 207 Å². The number of para-hydroxylation sites is 1. The van der Waals surface area contributed by atoms with Gasteiger partial charge >= 0.3 is 35.6 Å². The number of nitrogen functional groups attached to an aromatic ring is 1. The molecule has 5 N–H and O–H groups in total. The second kappa shape index (κ2) is 14.9. The number of benzene rings is 5. The van der Waals surface area contributed by atoms with E-state index in [9.17, 15) is 31.3 Å². The number of hydrogen-bond acceptors (Lipinski definition) is 10. The van der Waals surface area contributed by atoms with Crippen molar-refractivity contribution in [3.8, 4) is 5.75 Å². The molecule has 248 valence electrons. The fourth-order valence-electron chi connectivity index (χ4n) is 5.13. The van der Waals surface area contributed by atoms with Crippen molar-refractivity contribution in [1.82, 2.24) is 0 Å². The molecule has 16 heteroatoms. The SMILES string of the molecule is CCN(c1cc(C)c(NC(=O)Nc2ccccc2)cc1C)S(=O)(=O)c1ccccc1N=Nc1c(N)ccc2cc(S(=O)(=O)[O-])cc(O)c12.[Na+]. The first-order valence-electron chi connectivity index (χ1n) is 14.5. The van der Waals surface area contributed by atoms with Crippen LogP contribution in [0.3, 0.4) is 0 Å². The van der Waals surface area contributed by atoms with Gasteiger partial charge in [0.25, 0.3) is 10.0 Å². The van der Waals surface area contributed by atoms with E-state index in [-0.39, 0.29) is 68.8 Å². The average molecular weight is 711 g/mol. The van der Waals surface area contributed by atoms with Gasteiger partial charge in [-0.3, -0.25) is 4.31 Å². The summed E-state index contributed by atoms with van der Waals surface area (Å²) in [6.07, 6.45) is 0. The predicted molar refractivity (Wildman–Crippen MR) is 184 cm³/mol. The minimum atomic E-state index is -4.86. The molecule has 0 atom stereocenters. The molecule has 0 aliphatic rings. The van der Waals surface area contributed by atoms with Crippen molar-refractivity contribution < 1.29 is 60.8 Å². The Kier molecular flexibility index (Phi) is 11.4. The number of carbonyl (C=O) groups is 1. The zero-order valence-electron chi connectivity index (χ0n) is 27.0. The molecule has 0 unspecified atom stereocenters. The van der Waals surface area contributed by atoms with Crippen LogP contribution in [0.25, 0.3) is 10.8 Å². The predicted octanol–water partition coefficient (Wildman–Crippen LogP) is 3.93. The van der Waals surface area contributed by atoms with E-state index in [1.165, 1.54) is 28.6 Å².